The molecule has 25 heavy (non-hydrogen) atoms. The van der Waals surface area contributed by atoms with Crippen LogP contribution in [0.25, 0.3) is 0 Å². The third-order valence-corrected chi connectivity index (χ3v) is 3.78. The van der Waals surface area contributed by atoms with Gasteiger partial charge in [0.1, 0.15) is 6.04 Å². The Labute approximate surface area is 149 Å². The summed E-state index contributed by atoms with van der Waals surface area (Å²) >= 11 is 0. The standard InChI is InChI=1S/C19H28N2O4/c1-4-25-17(22)12-15(11-14-8-6-5-7-9-14)19(24)21-16(18(20)23)10-13(2)3/h5-9,13,15-16H,4,10-12H2,1-3H3,(H2,20,23)(H,21,24)/t15?,16-/m0/s1. The summed E-state index contributed by atoms with van der Waals surface area (Å²) < 4.78 is 4.97. The van der Waals surface area contributed by atoms with Crippen molar-refractivity contribution in [1.82, 2.24) is 5.32 Å². The zero-order valence-electron chi connectivity index (χ0n) is 15.2. The van der Waals surface area contributed by atoms with Crippen LogP contribution in [0, 0.1) is 11.8 Å². The zero-order chi connectivity index (χ0) is 18.8. The van der Waals surface area contributed by atoms with Gasteiger partial charge in [-0.15, -0.1) is 0 Å². The average molecular weight is 348 g/mol. The van der Waals surface area contributed by atoms with Crippen molar-refractivity contribution in [2.75, 3.05) is 6.61 Å². The molecule has 6 heteroatoms. The van der Waals surface area contributed by atoms with Crippen LogP contribution in [0.15, 0.2) is 30.3 Å². The van der Waals surface area contributed by atoms with Gasteiger partial charge in [-0.05, 0) is 31.2 Å². The van der Waals surface area contributed by atoms with E-state index in [2.05, 4.69) is 5.32 Å². The van der Waals surface area contributed by atoms with Crippen LogP contribution in [-0.4, -0.2) is 30.4 Å². The molecule has 0 saturated heterocycles. The molecule has 0 aromatic heterocycles. The van der Waals surface area contributed by atoms with Gasteiger partial charge in [0, 0.05) is 0 Å². The maximum Gasteiger partial charge on any atom is 0.306 e. The Kier molecular flexibility index (Phi) is 8.67. The summed E-state index contributed by atoms with van der Waals surface area (Å²) in [4.78, 5) is 36.1. The molecule has 1 unspecified atom stereocenters. The van der Waals surface area contributed by atoms with Gasteiger partial charge in [0.2, 0.25) is 11.8 Å². The number of nitrogens with one attached hydrogen (secondary N) is 1. The smallest absolute Gasteiger partial charge is 0.306 e. The molecular weight excluding hydrogens is 320 g/mol. The van der Waals surface area contributed by atoms with E-state index in [0.29, 0.717) is 12.8 Å². The maximum absolute atomic E-state index is 12.7. The van der Waals surface area contributed by atoms with Crippen LogP contribution in [0.5, 0.6) is 0 Å². The van der Waals surface area contributed by atoms with Crippen molar-refractivity contribution in [1.29, 1.82) is 0 Å². The topological polar surface area (TPSA) is 98.5 Å². The minimum Gasteiger partial charge on any atom is -0.466 e. The fraction of sp³-hybridized carbons (Fsp3) is 0.526. The van der Waals surface area contributed by atoms with Crippen LogP contribution in [-0.2, 0) is 25.5 Å². The fourth-order valence-corrected chi connectivity index (χ4v) is 2.58. The van der Waals surface area contributed by atoms with Gasteiger partial charge in [0.25, 0.3) is 0 Å². The minimum atomic E-state index is -0.743. The lowest BCUT2D eigenvalue weighted by molar-refractivity contribution is -0.146. The number of hydrogen-bond acceptors (Lipinski definition) is 4. The van der Waals surface area contributed by atoms with Gasteiger partial charge in [-0.3, -0.25) is 14.4 Å². The first-order chi connectivity index (χ1) is 11.8. The highest BCUT2D eigenvalue weighted by Crippen LogP contribution is 2.15. The summed E-state index contributed by atoms with van der Waals surface area (Å²) in [6, 6.07) is 8.68. The number of hydrogen-bond donors (Lipinski definition) is 2. The van der Waals surface area contributed by atoms with Crippen LogP contribution in [0.3, 0.4) is 0 Å². The summed E-state index contributed by atoms with van der Waals surface area (Å²) in [5.41, 5.74) is 6.33. The molecular formula is C19H28N2O4. The number of esters is 1. The number of ether oxygens (including phenoxy) is 1. The van der Waals surface area contributed by atoms with E-state index in [1.54, 1.807) is 6.92 Å². The molecule has 1 aromatic rings. The molecule has 1 rings (SSSR count). The second-order valence-electron chi connectivity index (χ2n) is 6.49. The molecule has 138 valence electrons. The number of benzene rings is 1. The first-order valence-electron chi connectivity index (χ1n) is 8.62. The number of carbonyl (C=O) groups is 3. The third kappa shape index (κ3) is 7.83. The second kappa shape index (κ2) is 10.5. The Hall–Kier alpha value is -2.37. The third-order valence-electron chi connectivity index (χ3n) is 3.78. The molecule has 0 radical (unpaired) electrons. The molecule has 0 heterocycles. The Bertz CT molecular complexity index is 572. The molecule has 0 spiro atoms. The molecule has 0 aliphatic rings. The van der Waals surface area contributed by atoms with E-state index in [0.717, 1.165) is 5.56 Å². The first kappa shape index (κ1) is 20.7. The monoisotopic (exact) mass is 348 g/mol. The van der Waals surface area contributed by atoms with E-state index < -0.39 is 23.8 Å². The van der Waals surface area contributed by atoms with Gasteiger partial charge in [0.05, 0.1) is 18.9 Å². The molecule has 3 N–H and O–H groups in total. The molecule has 0 fully saturated rings. The Morgan fingerprint density at radius 2 is 1.80 bits per heavy atom. The van der Waals surface area contributed by atoms with Crippen molar-refractivity contribution in [3.8, 4) is 0 Å². The van der Waals surface area contributed by atoms with E-state index in [1.807, 2.05) is 44.2 Å². The lowest BCUT2D eigenvalue weighted by Gasteiger charge is -2.22. The predicted octanol–water partition coefficient (Wildman–Crippen LogP) is 1.81. The fourth-order valence-electron chi connectivity index (χ4n) is 2.58. The second-order valence-corrected chi connectivity index (χ2v) is 6.49. The minimum absolute atomic E-state index is 0.0400. The van der Waals surface area contributed by atoms with E-state index in [4.69, 9.17) is 10.5 Å². The zero-order valence-corrected chi connectivity index (χ0v) is 15.2. The van der Waals surface area contributed by atoms with Crippen molar-refractivity contribution in [3.63, 3.8) is 0 Å². The van der Waals surface area contributed by atoms with Gasteiger partial charge in [-0.1, -0.05) is 44.2 Å². The maximum atomic E-state index is 12.7. The summed E-state index contributed by atoms with van der Waals surface area (Å²) in [5.74, 6) is -1.78. The lowest BCUT2D eigenvalue weighted by Crippen LogP contribution is -2.48. The lowest BCUT2D eigenvalue weighted by atomic mass is 9.94. The quantitative estimate of drug-likeness (QED) is 0.630. The van der Waals surface area contributed by atoms with Crippen LogP contribution in [0.1, 0.15) is 39.2 Å². The number of nitrogens with two attached hydrogens (primary N) is 1. The van der Waals surface area contributed by atoms with Crippen molar-refractivity contribution in [2.24, 2.45) is 17.6 Å². The van der Waals surface area contributed by atoms with Crippen molar-refractivity contribution in [3.05, 3.63) is 35.9 Å². The molecule has 2 amide bonds. The van der Waals surface area contributed by atoms with Crippen molar-refractivity contribution < 1.29 is 19.1 Å². The van der Waals surface area contributed by atoms with Gasteiger partial charge in [0.15, 0.2) is 0 Å². The summed E-state index contributed by atoms with van der Waals surface area (Å²) in [6.45, 7) is 5.87. The Morgan fingerprint density at radius 1 is 1.16 bits per heavy atom. The average Bonchev–Trinajstić information content (AvgIpc) is 2.54. The van der Waals surface area contributed by atoms with Crippen LogP contribution in [0.4, 0.5) is 0 Å². The number of amides is 2. The Morgan fingerprint density at radius 3 is 2.32 bits per heavy atom. The molecule has 1 aromatic carbocycles. The summed E-state index contributed by atoms with van der Waals surface area (Å²) in [5, 5.41) is 2.69. The molecule has 0 aliphatic heterocycles. The van der Waals surface area contributed by atoms with Crippen LogP contribution < -0.4 is 11.1 Å². The number of rotatable bonds is 10. The van der Waals surface area contributed by atoms with E-state index in [9.17, 15) is 14.4 Å². The van der Waals surface area contributed by atoms with Crippen LogP contribution in [0.2, 0.25) is 0 Å². The number of carbonyl (C=O) groups excluding carboxylic acids is 3. The van der Waals surface area contributed by atoms with Gasteiger partial charge < -0.3 is 15.8 Å². The van der Waals surface area contributed by atoms with E-state index >= 15 is 0 Å². The molecule has 2 atom stereocenters. The van der Waals surface area contributed by atoms with Crippen molar-refractivity contribution >= 4 is 17.8 Å². The molecule has 0 bridgehead atoms. The molecule has 0 saturated carbocycles. The predicted molar refractivity (Wildman–Crippen MR) is 95.5 cm³/mol. The van der Waals surface area contributed by atoms with Gasteiger partial charge in [-0.2, -0.15) is 0 Å². The SMILES string of the molecule is CCOC(=O)CC(Cc1ccccc1)C(=O)N[C@@H](CC(C)C)C(N)=O. The summed E-state index contributed by atoms with van der Waals surface area (Å²) in [6.07, 6.45) is 0.804. The van der Waals surface area contributed by atoms with E-state index in [1.165, 1.54) is 0 Å². The van der Waals surface area contributed by atoms with Gasteiger partial charge in [-0.25, -0.2) is 0 Å². The normalized spacial score (nSPS) is 13.1. The largest absolute Gasteiger partial charge is 0.466 e. The summed E-state index contributed by atoms with van der Waals surface area (Å²) in [7, 11) is 0. The number of primary amides is 1. The molecule has 6 nitrogen and oxygen atoms in total. The Balaban J connectivity index is 2.86. The highest BCUT2D eigenvalue weighted by atomic mass is 16.5. The van der Waals surface area contributed by atoms with Crippen molar-refractivity contribution in [2.45, 2.75) is 46.1 Å². The molecule has 0 aliphatic carbocycles. The van der Waals surface area contributed by atoms with E-state index in [-0.39, 0.29) is 24.9 Å². The highest BCUT2D eigenvalue weighted by Gasteiger charge is 2.27. The van der Waals surface area contributed by atoms with Gasteiger partial charge >= 0.3 is 5.97 Å². The highest BCUT2D eigenvalue weighted by molar-refractivity contribution is 5.89. The van der Waals surface area contributed by atoms with Crippen LogP contribution >= 0.6 is 0 Å². The first-order valence-corrected chi connectivity index (χ1v) is 8.62.